The Bertz CT molecular complexity index is 1300. The van der Waals surface area contributed by atoms with Gasteiger partial charge in [-0.1, -0.05) is 62.2 Å². The summed E-state index contributed by atoms with van der Waals surface area (Å²) >= 11 is 11.9. The van der Waals surface area contributed by atoms with E-state index in [1.165, 1.54) is 24.4 Å². The molecule has 0 saturated heterocycles. The van der Waals surface area contributed by atoms with Gasteiger partial charge in [-0.15, -0.1) is 0 Å². The van der Waals surface area contributed by atoms with Crippen LogP contribution >= 0.6 is 23.2 Å². The molecule has 0 spiro atoms. The fourth-order valence-corrected chi connectivity index (χ4v) is 3.64. The molecule has 3 aromatic rings. The van der Waals surface area contributed by atoms with Crippen molar-refractivity contribution >= 4 is 47.2 Å². The summed E-state index contributed by atoms with van der Waals surface area (Å²) in [5.74, 6) is -0.822. The van der Waals surface area contributed by atoms with E-state index < -0.39 is 23.8 Å². The number of furan rings is 1. The van der Waals surface area contributed by atoms with Crippen molar-refractivity contribution in [2.45, 2.75) is 33.2 Å². The van der Waals surface area contributed by atoms with E-state index in [4.69, 9.17) is 32.4 Å². The summed E-state index contributed by atoms with van der Waals surface area (Å²) in [6.07, 6.45) is 2.05. The van der Waals surface area contributed by atoms with Crippen molar-refractivity contribution < 1.29 is 23.5 Å². The number of ether oxygens (including phenoxy) is 1. The molecule has 3 rings (SSSR count). The standard InChI is InChI=1S/C27H27Cl2N3O5/c1-4-13-36-27(35)20-8-6-5-7-19(20)23-12-10-18(37-23)15-30-32-26(34)24(16(2)3)31-25(33)17-9-11-21(28)22(29)14-17/h5-12,14-16,24H,4,13H2,1-3H3,(H,31,33)(H,32,34). The number of halogens is 2. The second-order valence-corrected chi connectivity index (χ2v) is 9.26. The number of esters is 1. The Morgan fingerprint density at radius 2 is 1.81 bits per heavy atom. The van der Waals surface area contributed by atoms with Crippen molar-refractivity contribution in [3.8, 4) is 11.3 Å². The van der Waals surface area contributed by atoms with Crippen molar-refractivity contribution in [1.82, 2.24) is 10.7 Å². The number of carbonyl (C=O) groups excluding carboxylic acids is 3. The average Bonchev–Trinajstić information content (AvgIpc) is 3.35. The zero-order valence-corrected chi connectivity index (χ0v) is 22.1. The van der Waals surface area contributed by atoms with Gasteiger partial charge in [0, 0.05) is 11.1 Å². The summed E-state index contributed by atoms with van der Waals surface area (Å²) in [4.78, 5) is 37.7. The zero-order chi connectivity index (χ0) is 26.9. The fraction of sp³-hybridized carbons (Fsp3) is 0.259. The van der Waals surface area contributed by atoms with E-state index in [1.807, 2.05) is 6.92 Å². The number of amides is 2. The minimum atomic E-state index is -0.854. The van der Waals surface area contributed by atoms with Crippen LogP contribution in [0.5, 0.6) is 0 Å². The number of hydrogen-bond acceptors (Lipinski definition) is 6. The van der Waals surface area contributed by atoms with Crippen LogP contribution in [-0.2, 0) is 9.53 Å². The minimum absolute atomic E-state index is 0.221. The predicted octanol–water partition coefficient (Wildman–Crippen LogP) is 5.72. The largest absolute Gasteiger partial charge is 0.462 e. The fourth-order valence-electron chi connectivity index (χ4n) is 3.34. The highest BCUT2D eigenvalue weighted by Crippen LogP contribution is 2.26. The van der Waals surface area contributed by atoms with Crippen molar-refractivity contribution in [2.24, 2.45) is 11.0 Å². The topological polar surface area (TPSA) is 110 Å². The van der Waals surface area contributed by atoms with Gasteiger partial charge in [-0.05, 0) is 48.7 Å². The summed E-state index contributed by atoms with van der Waals surface area (Å²) in [5, 5.41) is 7.21. The molecule has 8 nitrogen and oxygen atoms in total. The van der Waals surface area contributed by atoms with Gasteiger partial charge in [0.15, 0.2) is 0 Å². The molecule has 0 radical (unpaired) electrons. The second kappa shape index (κ2) is 13.1. The Labute approximate surface area is 225 Å². The third kappa shape index (κ3) is 7.44. The first-order valence-electron chi connectivity index (χ1n) is 11.7. The van der Waals surface area contributed by atoms with Gasteiger partial charge < -0.3 is 14.5 Å². The molecule has 37 heavy (non-hydrogen) atoms. The van der Waals surface area contributed by atoms with Crippen molar-refractivity contribution in [1.29, 1.82) is 0 Å². The van der Waals surface area contributed by atoms with Gasteiger partial charge in [0.25, 0.3) is 11.8 Å². The van der Waals surface area contributed by atoms with E-state index in [2.05, 4.69) is 15.8 Å². The number of nitrogens with one attached hydrogen (secondary N) is 2. The number of benzene rings is 2. The van der Waals surface area contributed by atoms with Crippen LogP contribution in [0.4, 0.5) is 0 Å². The van der Waals surface area contributed by atoms with E-state index in [0.29, 0.717) is 34.3 Å². The first-order valence-corrected chi connectivity index (χ1v) is 12.4. The van der Waals surface area contributed by atoms with Gasteiger partial charge in [-0.3, -0.25) is 9.59 Å². The quantitative estimate of drug-likeness (QED) is 0.193. The number of nitrogens with zero attached hydrogens (tertiary/aromatic N) is 1. The minimum Gasteiger partial charge on any atom is -0.462 e. The molecule has 194 valence electrons. The highest BCUT2D eigenvalue weighted by atomic mass is 35.5. The van der Waals surface area contributed by atoms with Crippen LogP contribution in [0.25, 0.3) is 11.3 Å². The Balaban J connectivity index is 1.66. The molecule has 1 heterocycles. The van der Waals surface area contributed by atoms with Crippen LogP contribution in [0.2, 0.25) is 10.0 Å². The SMILES string of the molecule is CCCOC(=O)c1ccccc1-c1ccc(C=NNC(=O)C(NC(=O)c2ccc(Cl)c(Cl)c2)C(C)C)o1. The molecule has 2 aromatic carbocycles. The Morgan fingerprint density at radius 1 is 1.05 bits per heavy atom. The van der Waals surface area contributed by atoms with Crippen molar-refractivity contribution in [2.75, 3.05) is 6.61 Å². The third-order valence-electron chi connectivity index (χ3n) is 5.26. The summed E-state index contributed by atoms with van der Waals surface area (Å²) in [5.41, 5.74) is 3.67. The molecule has 2 N–H and O–H groups in total. The van der Waals surface area contributed by atoms with Crippen molar-refractivity contribution in [3.63, 3.8) is 0 Å². The lowest BCUT2D eigenvalue weighted by Crippen LogP contribution is -2.48. The highest BCUT2D eigenvalue weighted by molar-refractivity contribution is 6.42. The normalized spacial score (nSPS) is 11.9. The Morgan fingerprint density at radius 3 is 2.51 bits per heavy atom. The van der Waals surface area contributed by atoms with Gasteiger partial charge in [0.2, 0.25) is 0 Å². The van der Waals surface area contributed by atoms with Crippen LogP contribution in [0, 0.1) is 5.92 Å². The van der Waals surface area contributed by atoms with E-state index >= 15 is 0 Å². The number of hydrogen-bond donors (Lipinski definition) is 2. The summed E-state index contributed by atoms with van der Waals surface area (Å²) in [7, 11) is 0. The smallest absolute Gasteiger partial charge is 0.338 e. The molecule has 1 atom stereocenters. The monoisotopic (exact) mass is 543 g/mol. The molecule has 1 aromatic heterocycles. The molecule has 0 bridgehead atoms. The highest BCUT2D eigenvalue weighted by Gasteiger charge is 2.25. The van der Waals surface area contributed by atoms with Crippen LogP contribution in [-0.4, -0.2) is 36.6 Å². The second-order valence-electron chi connectivity index (χ2n) is 8.44. The zero-order valence-electron chi connectivity index (χ0n) is 20.6. The Kier molecular flexibility index (Phi) is 9.88. The first kappa shape index (κ1) is 28.0. The average molecular weight is 544 g/mol. The molecule has 0 fully saturated rings. The van der Waals surface area contributed by atoms with Crippen LogP contribution in [0.3, 0.4) is 0 Å². The first-order chi connectivity index (χ1) is 17.7. The molecule has 1 unspecified atom stereocenters. The van der Waals surface area contributed by atoms with E-state index in [0.717, 1.165) is 6.42 Å². The molecule has 0 aliphatic carbocycles. The lowest BCUT2D eigenvalue weighted by molar-refractivity contribution is -0.123. The third-order valence-corrected chi connectivity index (χ3v) is 6.00. The predicted molar refractivity (Wildman–Crippen MR) is 143 cm³/mol. The summed E-state index contributed by atoms with van der Waals surface area (Å²) in [6.45, 7) is 5.84. The van der Waals surface area contributed by atoms with Gasteiger partial charge in [-0.2, -0.15) is 5.10 Å². The van der Waals surface area contributed by atoms with Crippen LogP contribution < -0.4 is 10.7 Å². The lowest BCUT2D eigenvalue weighted by atomic mass is 10.0. The van der Waals surface area contributed by atoms with E-state index in [9.17, 15) is 14.4 Å². The Hall–Kier alpha value is -3.62. The maximum atomic E-state index is 12.7. The lowest BCUT2D eigenvalue weighted by Gasteiger charge is -2.20. The van der Waals surface area contributed by atoms with Crippen LogP contribution in [0.15, 0.2) is 64.1 Å². The number of carbonyl (C=O) groups is 3. The van der Waals surface area contributed by atoms with Crippen LogP contribution in [0.1, 0.15) is 53.7 Å². The number of hydrazone groups is 1. The molecular formula is C27H27Cl2N3O5. The van der Waals surface area contributed by atoms with Gasteiger partial charge in [0.05, 0.1) is 28.4 Å². The molecule has 0 aliphatic rings. The van der Waals surface area contributed by atoms with Crippen molar-refractivity contribution in [3.05, 3.63) is 81.5 Å². The summed E-state index contributed by atoms with van der Waals surface area (Å²) < 4.78 is 11.0. The maximum Gasteiger partial charge on any atom is 0.338 e. The maximum absolute atomic E-state index is 12.7. The molecule has 10 heteroatoms. The summed E-state index contributed by atoms with van der Waals surface area (Å²) in [6, 6.07) is 13.9. The molecule has 2 amide bonds. The van der Waals surface area contributed by atoms with Gasteiger partial charge in [0.1, 0.15) is 17.6 Å². The van der Waals surface area contributed by atoms with E-state index in [-0.39, 0.29) is 16.5 Å². The molecular weight excluding hydrogens is 517 g/mol. The number of rotatable bonds is 10. The van der Waals surface area contributed by atoms with Gasteiger partial charge >= 0.3 is 5.97 Å². The molecule has 0 saturated carbocycles. The van der Waals surface area contributed by atoms with Gasteiger partial charge in [-0.25, -0.2) is 10.2 Å². The molecule has 0 aliphatic heterocycles. The van der Waals surface area contributed by atoms with E-state index in [1.54, 1.807) is 50.2 Å².